The van der Waals surface area contributed by atoms with Crippen LogP contribution < -0.4 is 10.1 Å². The molecule has 0 aliphatic rings. The first-order valence-electron chi connectivity index (χ1n) is 9.17. The van der Waals surface area contributed by atoms with Crippen molar-refractivity contribution in [2.75, 3.05) is 7.11 Å². The summed E-state index contributed by atoms with van der Waals surface area (Å²) in [6.07, 6.45) is 2.68. The minimum atomic E-state index is 0.0452. The summed E-state index contributed by atoms with van der Waals surface area (Å²) in [7, 11) is 1.66. The van der Waals surface area contributed by atoms with Gasteiger partial charge in [0.15, 0.2) is 0 Å². The van der Waals surface area contributed by atoms with Gasteiger partial charge in [0, 0.05) is 18.0 Å². The van der Waals surface area contributed by atoms with Crippen LogP contribution in [-0.4, -0.2) is 23.0 Å². The van der Waals surface area contributed by atoms with E-state index >= 15 is 0 Å². The Labute approximate surface area is 159 Å². The number of hydrogen-bond acceptors (Lipinski definition) is 3. The lowest BCUT2D eigenvalue weighted by Gasteiger charge is -2.10. The van der Waals surface area contributed by atoms with Crippen LogP contribution in [0.25, 0.3) is 22.6 Å². The first-order chi connectivity index (χ1) is 13.1. The molecule has 0 saturated heterocycles. The highest BCUT2D eigenvalue weighted by Gasteiger charge is 2.10. The highest BCUT2D eigenvalue weighted by molar-refractivity contribution is 5.78. The predicted octanol–water partition coefficient (Wildman–Crippen LogP) is 4.41. The molecule has 140 valence electrons. The van der Waals surface area contributed by atoms with Crippen LogP contribution in [0.1, 0.15) is 25.8 Å². The zero-order valence-corrected chi connectivity index (χ0v) is 16.0. The Bertz CT molecular complexity index is 883. The molecule has 1 atom stereocenters. The largest absolute Gasteiger partial charge is 0.497 e. The van der Waals surface area contributed by atoms with Crippen molar-refractivity contribution >= 4 is 5.91 Å². The van der Waals surface area contributed by atoms with E-state index < -0.39 is 0 Å². The second-order valence-corrected chi connectivity index (χ2v) is 6.60. The van der Waals surface area contributed by atoms with E-state index in [0.29, 0.717) is 6.54 Å². The lowest BCUT2D eigenvalue weighted by atomic mass is 10.1. The van der Waals surface area contributed by atoms with Gasteiger partial charge in [0.2, 0.25) is 5.91 Å². The van der Waals surface area contributed by atoms with E-state index in [0.717, 1.165) is 40.4 Å². The monoisotopic (exact) mass is 363 g/mol. The topological polar surface area (TPSA) is 67.0 Å². The zero-order valence-electron chi connectivity index (χ0n) is 16.0. The van der Waals surface area contributed by atoms with E-state index in [1.807, 2.05) is 68.6 Å². The third-order valence-corrected chi connectivity index (χ3v) is 4.73. The summed E-state index contributed by atoms with van der Waals surface area (Å²) in [5.74, 6) is 1.78. The first kappa shape index (κ1) is 18.7. The third kappa shape index (κ3) is 4.56. The van der Waals surface area contributed by atoms with Crippen molar-refractivity contribution < 1.29 is 9.53 Å². The Morgan fingerprint density at radius 3 is 2.41 bits per heavy atom. The van der Waals surface area contributed by atoms with Crippen molar-refractivity contribution in [3.8, 4) is 28.4 Å². The molecule has 2 N–H and O–H groups in total. The van der Waals surface area contributed by atoms with Gasteiger partial charge in [0.1, 0.15) is 11.6 Å². The molecule has 5 heteroatoms. The summed E-state index contributed by atoms with van der Waals surface area (Å²) in [5, 5.41) is 2.97. The average Bonchev–Trinajstić information content (AvgIpc) is 3.22. The Morgan fingerprint density at radius 2 is 1.78 bits per heavy atom. The number of rotatable bonds is 7. The highest BCUT2D eigenvalue weighted by atomic mass is 16.5. The second kappa shape index (κ2) is 8.54. The summed E-state index contributed by atoms with van der Waals surface area (Å²) in [4.78, 5) is 19.7. The standard InChI is InChI=1S/C22H25N3O2/c1-4-15(2)22(26)24-13-16-5-7-18(8-6-16)21-23-14-20(25-21)17-9-11-19(27-3)12-10-17/h5-12,14-15H,4,13H2,1-3H3,(H,23,25)(H,24,26). The van der Waals surface area contributed by atoms with Gasteiger partial charge in [-0.3, -0.25) is 4.79 Å². The molecule has 0 saturated carbocycles. The zero-order chi connectivity index (χ0) is 19.2. The molecule has 1 aromatic heterocycles. The maximum absolute atomic E-state index is 11.9. The van der Waals surface area contributed by atoms with Crippen LogP contribution in [0, 0.1) is 5.92 Å². The molecule has 0 aliphatic heterocycles. The van der Waals surface area contributed by atoms with Crippen LogP contribution in [0.4, 0.5) is 0 Å². The van der Waals surface area contributed by atoms with Gasteiger partial charge in [-0.1, -0.05) is 38.1 Å². The summed E-state index contributed by atoms with van der Waals surface area (Å²) in [5.41, 5.74) is 4.08. The fraction of sp³-hybridized carbons (Fsp3) is 0.273. The lowest BCUT2D eigenvalue weighted by Crippen LogP contribution is -2.28. The molecule has 0 fully saturated rings. The van der Waals surface area contributed by atoms with Gasteiger partial charge in [-0.25, -0.2) is 4.98 Å². The Hall–Kier alpha value is -3.08. The summed E-state index contributed by atoms with van der Waals surface area (Å²) < 4.78 is 5.19. The number of aromatic nitrogens is 2. The van der Waals surface area contributed by atoms with Gasteiger partial charge < -0.3 is 15.0 Å². The fourth-order valence-corrected chi connectivity index (χ4v) is 2.71. The van der Waals surface area contributed by atoms with Gasteiger partial charge in [0.25, 0.3) is 0 Å². The van der Waals surface area contributed by atoms with Crippen LogP contribution in [-0.2, 0) is 11.3 Å². The van der Waals surface area contributed by atoms with E-state index in [1.54, 1.807) is 7.11 Å². The van der Waals surface area contributed by atoms with E-state index in [4.69, 9.17) is 4.74 Å². The predicted molar refractivity (Wildman–Crippen MR) is 107 cm³/mol. The number of imidazole rings is 1. The van der Waals surface area contributed by atoms with Crippen LogP contribution in [0.2, 0.25) is 0 Å². The molecular weight excluding hydrogens is 338 g/mol. The third-order valence-electron chi connectivity index (χ3n) is 4.73. The number of aromatic amines is 1. The van der Waals surface area contributed by atoms with Gasteiger partial charge in [-0.2, -0.15) is 0 Å². The average molecular weight is 363 g/mol. The highest BCUT2D eigenvalue weighted by Crippen LogP contribution is 2.24. The van der Waals surface area contributed by atoms with Crippen molar-refractivity contribution in [2.45, 2.75) is 26.8 Å². The Balaban J connectivity index is 1.67. The van der Waals surface area contributed by atoms with Crippen molar-refractivity contribution in [1.82, 2.24) is 15.3 Å². The molecular formula is C22H25N3O2. The maximum atomic E-state index is 11.9. The number of carbonyl (C=O) groups is 1. The van der Waals surface area contributed by atoms with E-state index in [9.17, 15) is 4.79 Å². The van der Waals surface area contributed by atoms with Crippen molar-refractivity contribution in [3.05, 3.63) is 60.3 Å². The van der Waals surface area contributed by atoms with Gasteiger partial charge in [0.05, 0.1) is 19.0 Å². The van der Waals surface area contributed by atoms with Crippen molar-refractivity contribution in [1.29, 1.82) is 0 Å². The molecule has 0 bridgehead atoms. The number of ether oxygens (including phenoxy) is 1. The fourth-order valence-electron chi connectivity index (χ4n) is 2.71. The minimum Gasteiger partial charge on any atom is -0.497 e. The molecule has 0 aliphatic carbocycles. The molecule has 1 unspecified atom stereocenters. The quantitative estimate of drug-likeness (QED) is 0.653. The number of nitrogens with zero attached hydrogens (tertiary/aromatic N) is 1. The van der Waals surface area contributed by atoms with Crippen LogP contribution >= 0.6 is 0 Å². The SMILES string of the molecule is CCC(C)C(=O)NCc1ccc(-c2ncc(-c3ccc(OC)cc3)[nH]2)cc1. The van der Waals surface area contributed by atoms with Crippen molar-refractivity contribution in [2.24, 2.45) is 5.92 Å². The summed E-state index contributed by atoms with van der Waals surface area (Å²) in [6, 6.07) is 15.9. The van der Waals surface area contributed by atoms with Gasteiger partial charge in [-0.15, -0.1) is 0 Å². The number of hydrogen-bond donors (Lipinski definition) is 2. The van der Waals surface area contributed by atoms with Gasteiger partial charge >= 0.3 is 0 Å². The number of nitrogens with one attached hydrogen (secondary N) is 2. The normalized spacial score (nSPS) is 11.8. The summed E-state index contributed by atoms with van der Waals surface area (Å²) in [6.45, 7) is 4.50. The number of benzene rings is 2. The molecule has 0 spiro atoms. The minimum absolute atomic E-state index is 0.0452. The Morgan fingerprint density at radius 1 is 1.11 bits per heavy atom. The summed E-state index contributed by atoms with van der Waals surface area (Å²) >= 11 is 0. The molecule has 5 nitrogen and oxygen atoms in total. The van der Waals surface area contributed by atoms with E-state index in [2.05, 4.69) is 15.3 Å². The van der Waals surface area contributed by atoms with Crippen LogP contribution in [0.3, 0.4) is 0 Å². The number of carbonyl (C=O) groups excluding carboxylic acids is 1. The van der Waals surface area contributed by atoms with Crippen LogP contribution in [0.15, 0.2) is 54.7 Å². The number of H-pyrrole nitrogens is 1. The lowest BCUT2D eigenvalue weighted by molar-refractivity contribution is -0.124. The molecule has 27 heavy (non-hydrogen) atoms. The molecule has 1 amide bonds. The van der Waals surface area contributed by atoms with E-state index in [1.165, 1.54) is 0 Å². The van der Waals surface area contributed by atoms with Gasteiger partial charge in [-0.05, 0) is 41.8 Å². The molecule has 2 aromatic carbocycles. The smallest absolute Gasteiger partial charge is 0.223 e. The van der Waals surface area contributed by atoms with Crippen LogP contribution in [0.5, 0.6) is 5.75 Å². The number of methoxy groups -OCH3 is 1. The Kier molecular flexibility index (Phi) is 5.91. The molecule has 0 radical (unpaired) electrons. The molecule has 1 heterocycles. The first-order valence-corrected chi connectivity index (χ1v) is 9.17. The van der Waals surface area contributed by atoms with E-state index in [-0.39, 0.29) is 11.8 Å². The maximum Gasteiger partial charge on any atom is 0.223 e. The molecule has 3 rings (SSSR count). The second-order valence-electron chi connectivity index (χ2n) is 6.60. The van der Waals surface area contributed by atoms with Crippen molar-refractivity contribution in [3.63, 3.8) is 0 Å². The molecule has 3 aromatic rings. The number of amides is 1.